The molecule has 2 heterocycles. The third-order valence-electron chi connectivity index (χ3n) is 9.52. The summed E-state index contributed by atoms with van der Waals surface area (Å²) in [5, 5.41) is 12.3. The van der Waals surface area contributed by atoms with Gasteiger partial charge in [0.25, 0.3) is 0 Å². The van der Waals surface area contributed by atoms with Crippen LogP contribution in [0.4, 0.5) is 0 Å². The summed E-state index contributed by atoms with van der Waals surface area (Å²) in [5.41, 5.74) is 13.9. The third-order valence-corrected chi connectivity index (χ3v) is 9.52. The highest BCUT2D eigenvalue weighted by Gasteiger charge is 2.23. The molecule has 7 rings (SSSR count). The van der Waals surface area contributed by atoms with Gasteiger partial charge in [-0.3, -0.25) is 9.55 Å². The fourth-order valence-corrected chi connectivity index (χ4v) is 6.96. The molecule has 0 aliphatic carbocycles. The number of imidazole rings is 1. The average molecular weight is 630 g/mol. The van der Waals surface area contributed by atoms with Crippen molar-refractivity contribution in [2.45, 2.75) is 66.2 Å². The van der Waals surface area contributed by atoms with Crippen molar-refractivity contribution in [1.29, 1.82) is 0 Å². The van der Waals surface area contributed by atoms with Gasteiger partial charge in [0.1, 0.15) is 11.6 Å². The van der Waals surface area contributed by atoms with E-state index in [9.17, 15) is 5.11 Å². The molecule has 0 amide bonds. The lowest BCUT2D eigenvalue weighted by Gasteiger charge is -2.24. The number of nitrogens with zero attached hydrogens (tertiary/aromatic N) is 3. The molecule has 0 fully saturated rings. The van der Waals surface area contributed by atoms with Crippen LogP contribution in [0.25, 0.3) is 61.3 Å². The van der Waals surface area contributed by atoms with E-state index in [1.807, 2.05) is 31.3 Å². The van der Waals surface area contributed by atoms with Crippen LogP contribution in [0.5, 0.6) is 5.75 Å². The average Bonchev–Trinajstić information content (AvgIpc) is 3.45. The van der Waals surface area contributed by atoms with Crippen molar-refractivity contribution in [3.05, 3.63) is 132 Å². The molecule has 0 bridgehead atoms. The lowest BCUT2D eigenvalue weighted by Crippen LogP contribution is -2.13. The Kier molecular flexibility index (Phi) is 7.51. The smallest absolute Gasteiger partial charge is 0.149 e. The van der Waals surface area contributed by atoms with E-state index in [4.69, 9.17) is 9.97 Å². The van der Waals surface area contributed by atoms with Crippen LogP contribution in [-0.4, -0.2) is 19.6 Å². The second kappa shape index (κ2) is 11.5. The number of aromatic hydroxyl groups is 1. The van der Waals surface area contributed by atoms with Gasteiger partial charge in [-0.1, -0.05) is 102 Å². The van der Waals surface area contributed by atoms with Gasteiger partial charge in [0.15, 0.2) is 0 Å². The van der Waals surface area contributed by atoms with Crippen molar-refractivity contribution >= 4 is 21.9 Å². The summed E-state index contributed by atoms with van der Waals surface area (Å²) in [6.07, 6.45) is 1.88. The number of rotatable bonds is 4. The number of aromatic nitrogens is 3. The summed E-state index contributed by atoms with van der Waals surface area (Å²) in [5.74, 6) is 0.919. The number of phenolic OH excluding ortho intramolecular Hbond substituents is 1. The zero-order valence-electron chi connectivity index (χ0n) is 29.2. The first kappa shape index (κ1) is 31.4. The molecule has 4 heteroatoms. The van der Waals surface area contributed by atoms with Gasteiger partial charge in [-0.2, -0.15) is 0 Å². The summed E-state index contributed by atoms with van der Waals surface area (Å²) in [6.45, 7) is 17.8. The van der Waals surface area contributed by atoms with Gasteiger partial charge in [0.05, 0.1) is 22.1 Å². The van der Waals surface area contributed by atoms with Gasteiger partial charge in [-0.15, -0.1) is 0 Å². The Morgan fingerprint density at radius 1 is 0.625 bits per heavy atom. The van der Waals surface area contributed by atoms with E-state index in [0.29, 0.717) is 11.4 Å². The van der Waals surface area contributed by atoms with Crippen molar-refractivity contribution in [1.82, 2.24) is 14.5 Å². The zero-order chi connectivity index (χ0) is 34.0. The molecule has 1 N–H and O–H groups in total. The minimum atomic E-state index is -0.0122. The van der Waals surface area contributed by atoms with Crippen LogP contribution >= 0.6 is 0 Å². The van der Waals surface area contributed by atoms with E-state index in [0.717, 1.165) is 50.1 Å². The predicted octanol–water partition coefficient (Wildman–Crippen LogP) is 11.5. The number of hydrogen-bond donors (Lipinski definition) is 1. The van der Waals surface area contributed by atoms with E-state index in [-0.39, 0.29) is 16.6 Å². The van der Waals surface area contributed by atoms with E-state index in [2.05, 4.69) is 132 Å². The quantitative estimate of drug-likeness (QED) is 0.211. The molecular weight excluding hydrogens is 587 g/mol. The van der Waals surface area contributed by atoms with Gasteiger partial charge in [0, 0.05) is 28.4 Å². The maximum Gasteiger partial charge on any atom is 0.149 e. The summed E-state index contributed by atoms with van der Waals surface area (Å²) >= 11 is 0. The van der Waals surface area contributed by atoms with Crippen LogP contribution in [0.15, 0.2) is 109 Å². The van der Waals surface area contributed by atoms with Crippen molar-refractivity contribution in [2.75, 3.05) is 0 Å². The number of aryl methyl sites for hydroxylation is 2. The van der Waals surface area contributed by atoms with Crippen molar-refractivity contribution in [3.63, 3.8) is 0 Å². The Morgan fingerprint density at radius 3 is 2.04 bits per heavy atom. The number of pyridine rings is 1. The maximum atomic E-state index is 11.1. The Labute approximate surface area is 283 Å². The first-order chi connectivity index (χ1) is 22.8. The van der Waals surface area contributed by atoms with E-state index in [1.165, 1.54) is 22.1 Å². The van der Waals surface area contributed by atoms with Gasteiger partial charge < -0.3 is 5.11 Å². The lowest BCUT2D eigenvalue weighted by molar-refractivity contribution is 0.476. The van der Waals surface area contributed by atoms with Gasteiger partial charge >= 0.3 is 0 Å². The Bertz CT molecular complexity index is 2330. The summed E-state index contributed by atoms with van der Waals surface area (Å²) in [7, 11) is 0. The number of benzene rings is 5. The summed E-state index contributed by atoms with van der Waals surface area (Å²) in [4.78, 5) is 10.2. The number of fused-ring (bicyclic) bond motifs is 2. The van der Waals surface area contributed by atoms with Crippen LogP contribution in [0.2, 0.25) is 0 Å². The minimum absolute atomic E-state index is 0.0122. The van der Waals surface area contributed by atoms with E-state index >= 15 is 0 Å². The second-order valence-corrected chi connectivity index (χ2v) is 15.1. The molecule has 0 unspecified atom stereocenters. The molecule has 0 saturated heterocycles. The molecule has 4 nitrogen and oxygen atoms in total. The third kappa shape index (κ3) is 5.45. The van der Waals surface area contributed by atoms with Gasteiger partial charge in [-0.25, -0.2) is 4.98 Å². The second-order valence-electron chi connectivity index (χ2n) is 15.1. The number of phenols is 1. The normalized spacial score (nSPS) is 12.2. The first-order valence-electron chi connectivity index (χ1n) is 16.7. The Morgan fingerprint density at radius 2 is 1.33 bits per heavy atom. The monoisotopic (exact) mass is 629 g/mol. The zero-order valence-corrected chi connectivity index (χ0v) is 29.2. The molecule has 7 aromatic rings. The minimum Gasteiger partial charge on any atom is -0.507 e. The molecule has 0 atom stereocenters. The fourth-order valence-electron chi connectivity index (χ4n) is 6.96. The van der Waals surface area contributed by atoms with Crippen LogP contribution in [-0.2, 0) is 10.8 Å². The molecule has 48 heavy (non-hydrogen) atoms. The Hall–Kier alpha value is -5.22. The van der Waals surface area contributed by atoms with Crippen molar-refractivity contribution in [3.8, 4) is 45.1 Å². The van der Waals surface area contributed by atoms with Crippen LogP contribution in [0, 0.1) is 13.8 Å². The van der Waals surface area contributed by atoms with E-state index < -0.39 is 0 Å². The topological polar surface area (TPSA) is 50.9 Å². The van der Waals surface area contributed by atoms with Crippen molar-refractivity contribution < 1.29 is 5.11 Å². The van der Waals surface area contributed by atoms with Gasteiger partial charge in [0.2, 0.25) is 0 Å². The highest BCUT2D eigenvalue weighted by molar-refractivity contribution is 5.99. The summed E-state index contributed by atoms with van der Waals surface area (Å²) in [6, 6.07) is 36.1. The molecule has 0 aliphatic rings. The molecule has 0 aliphatic heterocycles. The van der Waals surface area contributed by atoms with Crippen LogP contribution in [0.3, 0.4) is 0 Å². The maximum absolute atomic E-state index is 11.1. The van der Waals surface area contributed by atoms with Crippen molar-refractivity contribution in [2.24, 2.45) is 0 Å². The highest BCUT2D eigenvalue weighted by atomic mass is 16.3. The summed E-state index contributed by atoms with van der Waals surface area (Å²) < 4.78 is 2.18. The van der Waals surface area contributed by atoms with Gasteiger partial charge in [-0.05, 0) is 101 Å². The first-order valence-corrected chi connectivity index (χ1v) is 16.7. The number of hydrogen-bond acceptors (Lipinski definition) is 3. The Balaban J connectivity index is 1.46. The highest BCUT2D eigenvalue weighted by Crippen LogP contribution is 2.41. The molecule has 5 aromatic carbocycles. The SMILES string of the molecule is Cc1ccc(O)c(-c2nc3c(-c4cccc(-c5cc(C(C)(C)C)c(C)c6cccnc56)c4)cccc3n2-c2ccc(C(C)(C)C)cc2)c1. The lowest BCUT2D eigenvalue weighted by atomic mass is 9.80. The molecule has 0 radical (unpaired) electrons. The van der Waals surface area contributed by atoms with Crippen LogP contribution in [0.1, 0.15) is 63.8 Å². The molecule has 0 spiro atoms. The predicted molar refractivity (Wildman–Crippen MR) is 201 cm³/mol. The number of para-hydroxylation sites is 1. The molecule has 0 saturated carbocycles. The van der Waals surface area contributed by atoms with E-state index in [1.54, 1.807) is 6.07 Å². The standard InChI is InChI=1S/C44H43N3O/c1-27-17-22-39(48)36(24-27)42-46-41-34(14-10-16-38(41)47(42)32-20-18-31(19-21-32)43(3,4)5)29-12-9-13-30(25-29)35-26-37(44(6,7)8)28(2)33-15-11-23-45-40(33)35/h9-26,48H,1-8H3. The molecule has 240 valence electrons. The molecular formula is C44H43N3O. The molecule has 2 aromatic heterocycles. The largest absolute Gasteiger partial charge is 0.507 e. The van der Waals surface area contributed by atoms with Crippen LogP contribution < -0.4 is 0 Å². The fraction of sp³-hybridized carbons (Fsp3) is 0.227.